The van der Waals surface area contributed by atoms with Gasteiger partial charge in [0.15, 0.2) is 0 Å². The SMILES string of the molecule is CN1CCN(C(=O)Cc2coc3ccc(C(C)(C)C)cc23)CC1. The predicted octanol–water partition coefficient (Wildman–Crippen LogP) is 3.05. The molecule has 23 heavy (non-hydrogen) atoms. The van der Waals surface area contributed by atoms with Crippen molar-refractivity contribution in [2.24, 2.45) is 0 Å². The molecule has 1 aliphatic rings. The Kier molecular flexibility index (Phi) is 4.19. The lowest BCUT2D eigenvalue weighted by Gasteiger charge is -2.32. The molecule has 124 valence electrons. The lowest BCUT2D eigenvalue weighted by atomic mass is 9.86. The molecule has 1 saturated heterocycles. The van der Waals surface area contributed by atoms with Gasteiger partial charge in [0.2, 0.25) is 5.91 Å². The molecule has 4 heteroatoms. The zero-order valence-corrected chi connectivity index (χ0v) is 14.6. The van der Waals surface area contributed by atoms with Crippen molar-refractivity contribution in [1.82, 2.24) is 9.80 Å². The Hall–Kier alpha value is -1.81. The van der Waals surface area contributed by atoms with Crippen molar-refractivity contribution in [3.05, 3.63) is 35.6 Å². The maximum absolute atomic E-state index is 12.6. The summed E-state index contributed by atoms with van der Waals surface area (Å²) in [5, 5.41) is 1.07. The van der Waals surface area contributed by atoms with Gasteiger partial charge in [0.05, 0.1) is 12.7 Å². The number of nitrogens with zero attached hydrogens (tertiary/aromatic N) is 2. The maximum Gasteiger partial charge on any atom is 0.227 e. The number of hydrogen-bond donors (Lipinski definition) is 0. The smallest absolute Gasteiger partial charge is 0.227 e. The van der Waals surface area contributed by atoms with Gasteiger partial charge in [-0.15, -0.1) is 0 Å². The molecule has 0 spiro atoms. The molecular weight excluding hydrogens is 288 g/mol. The summed E-state index contributed by atoms with van der Waals surface area (Å²) in [7, 11) is 2.10. The fraction of sp³-hybridized carbons (Fsp3) is 0.526. The molecule has 0 atom stereocenters. The van der Waals surface area contributed by atoms with Crippen molar-refractivity contribution >= 4 is 16.9 Å². The first-order valence-corrected chi connectivity index (χ1v) is 8.31. The van der Waals surface area contributed by atoms with Crippen LogP contribution in [0.5, 0.6) is 0 Å². The normalized spacial score (nSPS) is 17.0. The second-order valence-electron chi connectivity index (χ2n) is 7.58. The zero-order chi connectivity index (χ0) is 16.6. The van der Waals surface area contributed by atoms with E-state index in [0.717, 1.165) is 42.7 Å². The Labute approximate surface area is 138 Å². The molecule has 4 nitrogen and oxygen atoms in total. The van der Waals surface area contributed by atoms with Crippen molar-refractivity contribution in [2.75, 3.05) is 33.2 Å². The van der Waals surface area contributed by atoms with Crippen molar-refractivity contribution in [3.8, 4) is 0 Å². The van der Waals surface area contributed by atoms with E-state index in [1.54, 1.807) is 6.26 Å². The van der Waals surface area contributed by atoms with Crippen LogP contribution in [0.1, 0.15) is 31.9 Å². The van der Waals surface area contributed by atoms with Crippen LogP contribution < -0.4 is 0 Å². The standard InChI is InChI=1S/C19H26N2O2/c1-19(2,3)15-5-6-17-16(12-15)14(13-23-17)11-18(22)21-9-7-20(4)8-10-21/h5-6,12-13H,7-11H2,1-4H3. The quantitative estimate of drug-likeness (QED) is 0.855. The molecule has 2 heterocycles. The number of carbonyl (C=O) groups is 1. The second kappa shape index (κ2) is 6.00. The number of piperazine rings is 1. The molecule has 0 radical (unpaired) electrons. The van der Waals surface area contributed by atoms with Gasteiger partial charge in [0.1, 0.15) is 5.58 Å². The largest absolute Gasteiger partial charge is 0.464 e. The van der Waals surface area contributed by atoms with E-state index in [0.29, 0.717) is 6.42 Å². The molecular formula is C19H26N2O2. The van der Waals surface area contributed by atoms with Crippen LogP contribution in [-0.2, 0) is 16.6 Å². The minimum Gasteiger partial charge on any atom is -0.464 e. The number of rotatable bonds is 2. The molecule has 1 fully saturated rings. The highest BCUT2D eigenvalue weighted by molar-refractivity contribution is 5.88. The van der Waals surface area contributed by atoms with Gasteiger partial charge in [-0.3, -0.25) is 4.79 Å². The highest BCUT2D eigenvalue weighted by Crippen LogP contribution is 2.29. The van der Waals surface area contributed by atoms with Crippen LogP contribution in [0, 0.1) is 0 Å². The number of likely N-dealkylation sites (N-methyl/N-ethyl adjacent to an activating group) is 1. The predicted molar refractivity (Wildman–Crippen MR) is 92.7 cm³/mol. The molecule has 0 saturated carbocycles. The van der Waals surface area contributed by atoms with Gasteiger partial charge in [-0.2, -0.15) is 0 Å². The number of hydrogen-bond acceptors (Lipinski definition) is 3. The average molecular weight is 314 g/mol. The average Bonchev–Trinajstić information content (AvgIpc) is 2.89. The van der Waals surface area contributed by atoms with E-state index >= 15 is 0 Å². The summed E-state index contributed by atoms with van der Waals surface area (Å²) >= 11 is 0. The van der Waals surface area contributed by atoms with Gasteiger partial charge >= 0.3 is 0 Å². The highest BCUT2D eigenvalue weighted by atomic mass is 16.3. The van der Waals surface area contributed by atoms with Gasteiger partial charge in [0.25, 0.3) is 0 Å². The molecule has 2 aromatic rings. The third-order valence-electron chi connectivity index (χ3n) is 4.72. The Morgan fingerprint density at radius 2 is 1.87 bits per heavy atom. The molecule has 1 aliphatic heterocycles. The summed E-state index contributed by atoms with van der Waals surface area (Å²) in [5.74, 6) is 0.196. The van der Waals surface area contributed by atoms with Crippen LogP contribution in [0.2, 0.25) is 0 Å². The summed E-state index contributed by atoms with van der Waals surface area (Å²) < 4.78 is 5.64. The number of carbonyl (C=O) groups excluding carboxylic acids is 1. The topological polar surface area (TPSA) is 36.7 Å². The highest BCUT2D eigenvalue weighted by Gasteiger charge is 2.21. The summed E-state index contributed by atoms with van der Waals surface area (Å²) in [6, 6.07) is 6.29. The first kappa shape index (κ1) is 16.1. The van der Waals surface area contributed by atoms with Gasteiger partial charge in [0, 0.05) is 37.1 Å². The van der Waals surface area contributed by atoms with Crippen LogP contribution in [0.4, 0.5) is 0 Å². The van der Waals surface area contributed by atoms with Crippen molar-refractivity contribution in [2.45, 2.75) is 32.6 Å². The lowest BCUT2D eigenvalue weighted by molar-refractivity contribution is -0.132. The van der Waals surface area contributed by atoms with Gasteiger partial charge in [-0.05, 0) is 30.2 Å². The number of fused-ring (bicyclic) bond motifs is 1. The van der Waals surface area contributed by atoms with E-state index in [1.165, 1.54) is 5.56 Å². The number of benzene rings is 1. The Bertz CT molecular complexity index is 704. The van der Waals surface area contributed by atoms with E-state index in [4.69, 9.17) is 4.42 Å². The van der Waals surface area contributed by atoms with E-state index in [2.05, 4.69) is 44.9 Å². The van der Waals surface area contributed by atoms with E-state index in [9.17, 15) is 4.79 Å². The molecule has 0 N–H and O–H groups in total. The Morgan fingerprint density at radius 1 is 1.17 bits per heavy atom. The van der Waals surface area contributed by atoms with Gasteiger partial charge < -0.3 is 14.2 Å². The third-order valence-corrected chi connectivity index (χ3v) is 4.72. The molecule has 1 amide bonds. The molecule has 3 rings (SSSR count). The third kappa shape index (κ3) is 3.42. The monoisotopic (exact) mass is 314 g/mol. The van der Waals surface area contributed by atoms with E-state index < -0.39 is 0 Å². The van der Waals surface area contributed by atoms with Crippen LogP contribution in [0.3, 0.4) is 0 Å². The number of furan rings is 1. The van der Waals surface area contributed by atoms with Gasteiger partial charge in [-0.25, -0.2) is 0 Å². The lowest BCUT2D eigenvalue weighted by Crippen LogP contribution is -2.47. The molecule has 0 bridgehead atoms. The number of amides is 1. The summed E-state index contributed by atoms with van der Waals surface area (Å²) in [6.07, 6.45) is 2.16. The van der Waals surface area contributed by atoms with Crippen LogP contribution in [-0.4, -0.2) is 48.9 Å². The summed E-state index contributed by atoms with van der Waals surface area (Å²) in [6.45, 7) is 10.1. The minimum atomic E-state index is 0.0875. The van der Waals surface area contributed by atoms with Gasteiger partial charge in [-0.1, -0.05) is 26.8 Å². The van der Waals surface area contributed by atoms with E-state index in [1.807, 2.05) is 11.0 Å². The first-order chi connectivity index (χ1) is 10.8. The summed E-state index contributed by atoms with van der Waals surface area (Å²) in [5.41, 5.74) is 3.21. The van der Waals surface area contributed by atoms with Crippen LogP contribution >= 0.6 is 0 Å². The first-order valence-electron chi connectivity index (χ1n) is 8.31. The Balaban J connectivity index is 1.81. The van der Waals surface area contributed by atoms with Crippen molar-refractivity contribution in [1.29, 1.82) is 0 Å². The minimum absolute atomic E-state index is 0.0875. The second-order valence-corrected chi connectivity index (χ2v) is 7.58. The van der Waals surface area contributed by atoms with Crippen LogP contribution in [0.15, 0.2) is 28.9 Å². The van der Waals surface area contributed by atoms with Crippen molar-refractivity contribution in [3.63, 3.8) is 0 Å². The molecule has 0 aliphatic carbocycles. The molecule has 0 unspecified atom stereocenters. The maximum atomic E-state index is 12.6. The fourth-order valence-corrected chi connectivity index (χ4v) is 3.02. The zero-order valence-electron chi connectivity index (χ0n) is 14.6. The van der Waals surface area contributed by atoms with E-state index in [-0.39, 0.29) is 11.3 Å². The molecule has 1 aromatic carbocycles. The fourth-order valence-electron chi connectivity index (χ4n) is 3.02. The van der Waals surface area contributed by atoms with Crippen LogP contribution in [0.25, 0.3) is 11.0 Å². The van der Waals surface area contributed by atoms with Crippen molar-refractivity contribution < 1.29 is 9.21 Å². The Morgan fingerprint density at radius 3 is 2.52 bits per heavy atom. The summed E-state index contributed by atoms with van der Waals surface area (Å²) in [4.78, 5) is 16.8. The molecule has 1 aromatic heterocycles.